The molecular formula is C27H23F2N3O3. The van der Waals surface area contributed by atoms with Gasteiger partial charge >= 0.3 is 0 Å². The number of hydrogen-bond donors (Lipinski definition) is 1. The molecule has 0 unspecified atom stereocenters. The van der Waals surface area contributed by atoms with E-state index in [1.54, 1.807) is 18.2 Å². The van der Waals surface area contributed by atoms with E-state index in [1.165, 1.54) is 18.2 Å². The minimum atomic E-state index is -0.708. The first-order chi connectivity index (χ1) is 16.9. The number of ether oxygens (including phenoxy) is 1. The highest BCUT2D eigenvalue weighted by Gasteiger charge is 2.52. The van der Waals surface area contributed by atoms with Gasteiger partial charge in [-0.3, -0.25) is 9.59 Å². The lowest BCUT2D eigenvalue weighted by molar-refractivity contribution is -0.0117. The summed E-state index contributed by atoms with van der Waals surface area (Å²) in [6.07, 6.45) is 2.30. The van der Waals surface area contributed by atoms with E-state index in [9.17, 15) is 18.4 Å². The fourth-order valence-corrected chi connectivity index (χ4v) is 5.07. The van der Waals surface area contributed by atoms with Crippen molar-refractivity contribution in [3.8, 4) is 11.3 Å². The number of nitrogens with one attached hydrogen (secondary N) is 1. The molecule has 1 N–H and O–H groups in total. The quantitative estimate of drug-likeness (QED) is 0.622. The minimum absolute atomic E-state index is 0.00107. The standard InChI is InChI=1S/C27H23F2N3O3/c28-19-2-1-3-20(29)24(19)21-13-18(23-22(31-21)14-30-25(23)33)12-16-4-6-17(7-5-16)26(34)32-10-11-35-15-27(32)8-9-27/h1-7,13H,8-12,14-15H2,(H,30,33). The maximum absolute atomic E-state index is 14.4. The van der Waals surface area contributed by atoms with Crippen LogP contribution in [0.25, 0.3) is 11.3 Å². The molecule has 1 aromatic heterocycles. The third-order valence-corrected chi connectivity index (χ3v) is 7.11. The molecule has 178 valence electrons. The van der Waals surface area contributed by atoms with Crippen molar-refractivity contribution in [1.29, 1.82) is 0 Å². The zero-order valence-corrected chi connectivity index (χ0v) is 18.9. The number of fused-ring (bicyclic) bond motifs is 1. The Morgan fingerprint density at radius 1 is 1.09 bits per heavy atom. The molecule has 3 aliphatic rings. The molecule has 1 saturated heterocycles. The smallest absolute Gasteiger partial charge is 0.254 e. The van der Waals surface area contributed by atoms with Gasteiger partial charge in [0.2, 0.25) is 0 Å². The number of benzene rings is 2. The molecule has 6 rings (SSSR count). The van der Waals surface area contributed by atoms with Crippen LogP contribution in [0.5, 0.6) is 0 Å². The number of carbonyl (C=O) groups is 2. The maximum Gasteiger partial charge on any atom is 0.254 e. The molecule has 6 nitrogen and oxygen atoms in total. The lowest BCUT2D eigenvalue weighted by atomic mass is 9.96. The Morgan fingerprint density at radius 2 is 1.83 bits per heavy atom. The predicted molar refractivity (Wildman–Crippen MR) is 124 cm³/mol. The Hall–Kier alpha value is -3.65. The lowest BCUT2D eigenvalue weighted by Crippen LogP contribution is -2.50. The summed E-state index contributed by atoms with van der Waals surface area (Å²) < 4.78 is 34.5. The van der Waals surface area contributed by atoms with Crippen molar-refractivity contribution in [3.05, 3.63) is 88.1 Å². The van der Waals surface area contributed by atoms with Gasteiger partial charge in [-0.05, 0) is 60.7 Å². The van der Waals surface area contributed by atoms with Gasteiger partial charge < -0.3 is 15.0 Å². The van der Waals surface area contributed by atoms with Crippen LogP contribution in [0, 0.1) is 11.6 Å². The molecular weight excluding hydrogens is 452 g/mol. The van der Waals surface area contributed by atoms with E-state index in [0.29, 0.717) is 48.6 Å². The van der Waals surface area contributed by atoms with Crippen molar-refractivity contribution in [2.45, 2.75) is 31.3 Å². The Kier molecular flexibility index (Phi) is 5.14. The summed E-state index contributed by atoms with van der Waals surface area (Å²) in [5.41, 5.74) is 2.82. The molecule has 3 aromatic rings. The van der Waals surface area contributed by atoms with Crippen LogP contribution in [-0.4, -0.2) is 47.0 Å². The molecule has 1 saturated carbocycles. The lowest BCUT2D eigenvalue weighted by Gasteiger charge is -2.36. The van der Waals surface area contributed by atoms with Crippen LogP contribution in [0.2, 0.25) is 0 Å². The van der Waals surface area contributed by atoms with E-state index >= 15 is 0 Å². The topological polar surface area (TPSA) is 71.5 Å². The van der Waals surface area contributed by atoms with Crippen molar-refractivity contribution >= 4 is 11.8 Å². The highest BCUT2D eigenvalue weighted by atomic mass is 19.1. The van der Waals surface area contributed by atoms with Gasteiger partial charge in [-0.25, -0.2) is 13.8 Å². The van der Waals surface area contributed by atoms with E-state index in [0.717, 1.165) is 18.4 Å². The SMILES string of the molecule is O=C1NCc2nc(-c3c(F)cccc3F)cc(Cc3ccc(C(=O)N4CCOCC45CC5)cc3)c21. The molecule has 2 aliphatic heterocycles. The number of nitrogens with zero attached hydrogens (tertiary/aromatic N) is 2. The zero-order valence-electron chi connectivity index (χ0n) is 18.9. The summed E-state index contributed by atoms with van der Waals surface area (Å²) in [6, 6.07) is 12.6. The predicted octanol–water partition coefficient (Wildman–Crippen LogP) is 3.87. The molecule has 8 heteroatoms. The van der Waals surface area contributed by atoms with Crippen LogP contribution >= 0.6 is 0 Å². The Morgan fingerprint density at radius 3 is 2.54 bits per heavy atom. The van der Waals surface area contributed by atoms with Gasteiger partial charge in [-0.2, -0.15) is 0 Å². The van der Waals surface area contributed by atoms with Gasteiger partial charge in [0.1, 0.15) is 11.6 Å². The second kappa shape index (κ2) is 8.23. The zero-order chi connectivity index (χ0) is 24.2. The number of hydrogen-bond acceptors (Lipinski definition) is 4. The van der Waals surface area contributed by atoms with E-state index in [-0.39, 0.29) is 35.2 Å². The number of rotatable bonds is 4. The molecule has 0 radical (unpaired) electrons. The second-order valence-electron chi connectivity index (χ2n) is 9.38. The fourth-order valence-electron chi connectivity index (χ4n) is 5.07. The maximum atomic E-state index is 14.4. The van der Waals surface area contributed by atoms with E-state index in [1.807, 2.05) is 17.0 Å². The molecule has 2 aromatic carbocycles. The summed E-state index contributed by atoms with van der Waals surface area (Å²) in [5.74, 6) is -1.67. The molecule has 0 bridgehead atoms. The van der Waals surface area contributed by atoms with Crippen molar-refractivity contribution in [1.82, 2.24) is 15.2 Å². The summed E-state index contributed by atoms with van der Waals surface area (Å²) in [5, 5.41) is 2.74. The first kappa shape index (κ1) is 21.9. The fraction of sp³-hybridized carbons (Fsp3) is 0.296. The molecule has 0 atom stereocenters. The van der Waals surface area contributed by atoms with Gasteiger partial charge in [0.05, 0.1) is 47.8 Å². The van der Waals surface area contributed by atoms with Gasteiger partial charge in [-0.15, -0.1) is 0 Å². The first-order valence-corrected chi connectivity index (χ1v) is 11.7. The van der Waals surface area contributed by atoms with E-state index in [2.05, 4.69) is 10.3 Å². The van der Waals surface area contributed by atoms with Crippen LogP contribution in [0.3, 0.4) is 0 Å². The molecule has 2 amide bonds. The summed E-state index contributed by atoms with van der Waals surface area (Å²) in [6.45, 7) is 1.94. The number of morpholine rings is 1. The van der Waals surface area contributed by atoms with Gasteiger partial charge in [-0.1, -0.05) is 18.2 Å². The Balaban J connectivity index is 1.30. The summed E-state index contributed by atoms with van der Waals surface area (Å²) >= 11 is 0. The number of aromatic nitrogens is 1. The van der Waals surface area contributed by atoms with Gasteiger partial charge in [0.15, 0.2) is 0 Å². The summed E-state index contributed by atoms with van der Waals surface area (Å²) in [7, 11) is 0. The molecule has 1 spiro atoms. The van der Waals surface area contributed by atoms with Crippen molar-refractivity contribution in [2.75, 3.05) is 19.8 Å². The monoisotopic (exact) mass is 475 g/mol. The van der Waals surface area contributed by atoms with Crippen molar-refractivity contribution < 1.29 is 23.1 Å². The Labute approximate surface area is 200 Å². The number of carbonyl (C=O) groups excluding carboxylic acids is 2. The average molecular weight is 475 g/mol. The van der Waals surface area contributed by atoms with Gasteiger partial charge in [0, 0.05) is 12.1 Å². The largest absolute Gasteiger partial charge is 0.377 e. The summed E-state index contributed by atoms with van der Waals surface area (Å²) in [4.78, 5) is 31.9. The molecule has 35 heavy (non-hydrogen) atoms. The number of halogens is 2. The highest BCUT2D eigenvalue weighted by Crippen LogP contribution is 2.44. The van der Waals surface area contributed by atoms with Crippen molar-refractivity contribution in [3.63, 3.8) is 0 Å². The van der Waals surface area contributed by atoms with E-state index < -0.39 is 11.6 Å². The normalized spacial score (nSPS) is 17.9. The van der Waals surface area contributed by atoms with Crippen molar-refractivity contribution in [2.24, 2.45) is 0 Å². The van der Waals surface area contributed by atoms with Gasteiger partial charge in [0.25, 0.3) is 11.8 Å². The minimum Gasteiger partial charge on any atom is -0.377 e. The average Bonchev–Trinajstić information content (AvgIpc) is 3.51. The first-order valence-electron chi connectivity index (χ1n) is 11.7. The van der Waals surface area contributed by atoms with Crippen LogP contribution in [0.4, 0.5) is 8.78 Å². The second-order valence-corrected chi connectivity index (χ2v) is 9.38. The third-order valence-electron chi connectivity index (χ3n) is 7.11. The van der Waals surface area contributed by atoms with Crippen LogP contribution < -0.4 is 5.32 Å². The highest BCUT2D eigenvalue weighted by molar-refractivity contribution is 6.00. The third kappa shape index (κ3) is 3.78. The molecule has 3 heterocycles. The Bertz CT molecular complexity index is 1330. The van der Waals surface area contributed by atoms with Crippen LogP contribution in [0.1, 0.15) is 50.4 Å². The number of amides is 2. The van der Waals surface area contributed by atoms with Crippen LogP contribution in [0.15, 0.2) is 48.5 Å². The van der Waals surface area contributed by atoms with E-state index in [4.69, 9.17) is 4.74 Å². The molecule has 2 fully saturated rings. The number of pyridine rings is 1. The van der Waals surface area contributed by atoms with Crippen LogP contribution in [-0.2, 0) is 17.7 Å². The molecule has 1 aliphatic carbocycles.